The highest BCUT2D eigenvalue weighted by Gasteiger charge is 2.20. The molecule has 0 bridgehead atoms. The number of hydrogen-bond acceptors (Lipinski definition) is 3. The molecule has 0 amide bonds. The van der Waals surface area contributed by atoms with E-state index in [1.54, 1.807) is 15.9 Å². The summed E-state index contributed by atoms with van der Waals surface area (Å²) >= 11 is 7.20. The Morgan fingerprint density at radius 3 is 2.78 bits per heavy atom. The van der Waals surface area contributed by atoms with E-state index in [0.29, 0.717) is 4.77 Å². The number of nitrogens with one attached hydrogen (secondary N) is 1. The third-order valence-electron chi connectivity index (χ3n) is 4.61. The highest BCUT2D eigenvalue weighted by Crippen LogP contribution is 2.33. The summed E-state index contributed by atoms with van der Waals surface area (Å²) in [4.78, 5) is 18.8. The van der Waals surface area contributed by atoms with Gasteiger partial charge in [0.2, 0.25) is 0 Å². The summed E-state index contributed by atoms with van der Waals surface area (Å²) in [5.74, 6) is 0. The number of H-pyrrole nitrogens is 1. The van der Waals surface area contributed by atoms with Crippen molar-refractivity contribution in [3.63, 3.8) is 0 Å². The van der Waals surface area contributed by atoms with E-state index in [2.05, 4.69) is 18.0 Å². The van der Waals surface area contributed by atoms with E-state index in [0.717, 1.165) is 40.7 Å². The van der Waals surface area contributed by atoms with Crippen LogP contribution in [0, 0.1) is 18.6 Å². The van der Waals surface area contributed by atoms with E-state index in [1.807, 2.05) is 19.1 Å². The van der Waals surface area contributed by atoms with Gasteiger partial charge in [-0.15, -0.1) is 11.3 Å². The first-order valence-electron chi connectivity index (χ1n) is 7.93. The minimum absolute atomic E-state index is 0.0232. The van der Waals surface area contributed by atoms with Gasteiger partial charge in [0.25, 0.3) is 5.56 Å². The van der Waals surface area contributed by atoms with Crippen molar-refractivity contribution in [2.45, 2.75) is 39.5 Å². The molecule has 1 aromatic carbocycles. The summed E-state index contributed by atoms with van der Waals surface area (Å²) in [6.07, 6.45) is 4.46. The SMILES string of the molecule is Cc1ccc(-n2c(=S)[nH]c3sc4c(c3c2=O)CCCC4)c(C)c1. The number of fused-ring (bicyclic) bond motifs is 3. The molecule has 5 heteroatoms. The minimum atomic E-state index is 0.0232. The van der Waals surface area contributed by atoms with Crippen LogP contribution in [0.4, 0.5) is 0 Å². The van der Waals surface area contributed by atoms with Crippen LogP contribution in [-0.4, -0.2) is 9.55 Å². The average Bonchev–Trinajstić information content (AvgIpc) is 2.87. The number of thiophene rings is 1. The molecule has 1 N–H and O–H groups in total. The molecule has 0 spiro atoms. The summed E-state index contributed by atoms with van der Waals surface area (Å²) in [6, 6.07) is 6.10. The predicted molar refractivity (Wildman–Crippen MR) is 98.7 cm³/mol. The van der Waals surface area contributed by atoms with Crippen LogP contribution in [0.2, 0.25) is 0 Å². The molecule has 0 saturated carbocycles. The molecule has 0 aliphatic heterocycles. The Bertz CT molecular complexity index is 1040. The molecule has 118 valence electrons. The Kier molecular flexibility index (Phi) is 3.50. The van der Waals surface area contributed by atoms with Crippen molar-refractivity contribution in [2.24, 2.45) is 0 Å². The highest BCUT2D eigenvalue weighted by atomic mass is 32.1. The highest BCUT2D eigenvalue weighted by molar-refractivity contribution is 7.71. The monoisotopic (exact) mass is 342 g/mol. The third kappa shape index (κ3) is 2.30. The van der Waals surface area contributed by atoms with E-state index in [1.165, 1.54) is 22.4 Å². The number of aromatic amines is 1. The quantitative estimate of drug-likeness (QED) is 0.656. The van der Waals surface area contributed by atoms with E-state index in [-0.39, 0.29) is 5.56 Å². The smallest absolute Gasteiger partial charge is 0.267 e. The van der Waals surface area contributed by atoms with Gasteiger partial charge in [0, 0.05) is 4.88 Å². The lowest BCUT2D eigenvalue weighted by atomic mass is 9.97. The van der Waals surface area contributed by atoms with Gasteiger partial charge < -0.3 is 4.98 Å². The molecule has 2 heterocycles. The molecule has 2 aromatic heterocycles. The Hall–Kier alpha value is -1.72. The topological polar surface area (TPSA) is 37.8 Å². The van der Waals surface area contributed by atoms with Crippen LogP contribution < -0.4 is 5.56 Å². The lowest BCUT2D eigenvalue weighted by molar-refractivity contribution is 0.699. The second kappa shape index (κ2) is 5.42. The van der Waals surface area contributed by atoms with Crippen molar-refractivity contribution in [1.82, 2.24) is 9.55 Å². The van der Waals surface area contributed by atoms with Crippen LogP contribution in [0.25, 0.3) is 15.9 Å². The maximum absolute atomic E-state index is 13.2. The summed E-state index contributed by atoms with van der Waals surface area (Å²) < 4.78 is 2.14. The molecule has 23 heavy (non-hydrogen) atoms. The fourth-order valence-electron chi connectivity index (χ4n) is 3.51. The summed E-state index contributed by atoms with van der Waals surface area (Å²) in [6.45, 7) is 4.08. The summed E-state index contributed by atoms with van der Waals surface area (Å²) in [7, 11) is 0. The van der Waals surface area contributed by atoms with Crippen molar-refractivity contribution in [2.75, 3.05) is 0 Å². The number of aromatic nitrogens is 2. The van der Waals surface area contributed by atoms with Gasteiger partial charge in [0.15, 0.2) is 4.77 Å². The van der Waals surface area contributed by atoms with E-state index in [4.69, 9.17) is 12.2 Å². The van der Waals surface area contributed by atoms with Gasteiger partial charge in [-0.1, -0.05) is 17.7 Å². The first-order valence-corrected chi connectivity index (χ1v) is 9.16. The fraction of sp³-hybridized carbons (Fsp3) is 0.333. The number of benzene rings is 1. The molecule has 3 nitrogen and oxygen atoms in total. The van der Waals surface area contributed by atoms with Crippen molar-refractivity contribution >= 4 is 33.8 Å². The zero-order valence-corrected chi connectivity index (χ0v) is 14.9. The molecular weight excluding hydrogens is 324 g/mol. The molecule has 0 radical (unpaired) electrons. The van der Waals surface area contributed by atoms with Gasteiger partial charge in [-0.3, -0.25) is 9.36 Å². The van der Waals surface area contributed by atoms with Gasteiger partial charge in [0.1, 0.15) is 4.83 Å². The van der Waals surface area contributed by atoms with Gasteiger partial charge >= 0.3 is 0 Å². The molecule has 3 aromatic rings. The molecule has 0 unspecified atom stereocenters. The Labute approximate surface area is 143 Å². The van der Waals surface area contributed by atoms with E-state index < -0.39 is 0 Å². The normalized spacial score (nSPS) is 14.2. The molecule has 1 aliphatic carbocycles. The van der Waals surface area contributed by atoms with Crippen LogP contribution in [-0.2, 0) is 12.8 Å². The van der Waals surface area contributed by atoms with E-state index >= 15 is 0 Å². The van der Waals surface area contributed by atoms with Crippen LogP contribution in [0.15, 0.2) is 23.0 Å². The first kappa shape index (κ1) is 14.8. The lowest BCUT2D eigenvalue weighted by Crippen LogP contribution is -2.21. The van der Waals surface area contributed by atoms with Crippen LogP contribution in [0.3, 0.4) is 0 Å². The lowest BCUT2D eigenvalue weighted by Gasteiger charge is -2.12. The Morgan fingerprint density at radius 1 is 1.22 bits per heavy atom. The van der Waals surface area contributed by atoms with Crippen LogP contribution >= 0.6 is 23.6 Å². The maximum atomic E-state index is 13.2. The molecule has 4 rings (SSSR count). The largest absolute Gasteiger partial charge is 0.323 e. The summed E-state index contributed by atoms with van der Waals surface area (Å²) in [5.41, 5.74) is 4.39. The van der Waals surface area contributed by atoms with Gasteiger partial charge in [-0.2, -0.15) is 0 Å². The number of aryl methyl sites for hydroxylation is 4. The molecule has 0 fully saturated rings. The van der Waals surface area contributed by atoms with Gasteiger partial charge in [0.05, 0.1) is 11.1 Å². The van der Waals surface area contributed by atoms with Gasteiger partial charge in [-0.05, 0) is 68.9 Å². The Morgan fingerprint density at radius 2 is 2.00 bits per heavy atom. The summed E-state index contributed by atoms with van der Waals surface area (Å²) in [5, 5.41) is 0.846. The standard InChI is InChI=1S/C18H18N2OS2/c1-10-7-8-13(11(2)9-10)20-17(21)15-12-5-3-4-6-14(12)23-16(15)19-18(20)22/h7-9H,3-6H2,1-2H3,(H,19,22). The van der Waals surface area contributed by atoms with Crippen molar-refractivity contribution < 1.29 is 0 Å². The second-order valence-electron chi connectivity index (χ2n) is 6.28. The third-order valence-corrected chi connectivity index (χ3v) is 6.10. The maximum Gasteiger partial charge on any atom is 0.267 e. The van der Waals surface area contributed by atoms with Crippen molar-refractivity contribution in [3.05, 3.63) is 54.9 Å². The Balaban J connectivity index is 2.08. The second-order valence-corrected chi connectivity index (χ2v) is 7.77. The predicted octanol–water partition coefficient (Wildman–Crippen LogP) is 4.61. The molecular formula is C18H18N2OS2. The van der Waals surface area contributed by atoms with Gasteiger partial charge in [-0.25, -0.2) is 0 Å². The number of hydrogen-bond donors (Lipinski definition) is 1. The fourth-order valence-corrected chi connectivity index (χ4v) is 5.14. The number of rotatable bonds is 1. The minimum Gasteiger partial charge on any atom is -0.323 e. The van der Waals surface area contributed by atoms with Crippen molar-refractivity contribution in [3.8, 4) is 5.69 Å². The van der Waals surface area contributed by atoms with Crippen LogP contribution in [0.1, 0.15) is 34.4 Å². The zero-order valence-electron chi connectivity index (χ0n) is 13.2. The molecule has 0 saturated heterocycles. The first-order chi connectivity index (χ1) is 11.1. The molecule has 0 atom stereocenters. The molecule has 1 aliphatic rings. The zero-order chi connectivity index (χ0) is 16.1. The number of nitrogens with zero attached hydrogens (tertiary/aromatic N) is 1. The van der Waals surface area contributed by atoms with Crippen molar-refractivity contribution in [1.29, 1.82) is 0 Å². The average molecular weight is 342 g/mol. The van der Waals surface area contributed by atoms with Crippen LogP contribution in [0.5, 0.6) is 0 Å². The van der Waals surface area contributed by atoms with E-state index in [9.17, 15) is 4.79 Å².